The predicted octanol–water partition coefficient (Wildman–Crippen LogP) is 6.36. The van der Waals surface area contributed by atoms with Crippen LogP contribution in [0.3, 0.4) is 0 Å². The molecular formula is C39H44I2N2O8. The number of carbonyl (C=O) groups excluding carboxylic acids is 1. The van der Waals surface area contributed by atoms with Crippen LogP contribution in [0.4, 0.5) is 0 Å². The van der Waals surface area contributed by atoms with Gasteiger partial charge < -0.3 is 43.2 Å². The molecule has 0 saturated carbocycles. The van der Waals surface area contributed by atoms with Crippen LogP contribution in [0.2, 0.25) is 0 Å². The molecule has 0 aromatic heterocycles. The smallest absolute Gasteiger partial charge is 0.201 e. The number of carbonyl (C=O) groups is 1. The number of rotatable bonds is 5. The number of fused-ring (bicyclic) bond motifs is 2. The molecule has 0 radical (unpaired) electrons. The molecule has 0 fully saturated rings. The average Bonchev–Trinajstić information content (AvgIpc) is 3.08. The second-order valence-corrected chi connectivity index (χ2v) is 13.5. The number of carboxylic acids is 1. The van der Waals surface area contributed by atoms with Gasteiger partial charge in [0.05, 0.1) is 40.9 Å². The van der Waals surface area contributed by atoms with E-state index in [1.54, 1.807) is 14.2 Å². The van der Waals surface area contributed by atoms with Crippen LogP contribution in [0.1, 0.15) is 45.5 Å². The molecule has 4 aromatic carbocycles. The number of likely N-dealkylation sites (N-methyl/N-ethyl adjacent to an activating group) is 2. The Kier molecular flexibility index (Phi) is 11.9. The molecule has 0 saturated heterocycles. The van der Waals surface area contributed by atoms with Crippen LogP contribution >= 0.6 is 48.0 Å². The maximum absolute atomic E-state index is 12.1. The summed E-state index contributed by atoms with van der Waals surface area (Å²) >= 11 is 0. The average molecular weight is 923 g/mol. The number of methoxy groups -OCH3 is 3. The van der Waals surface area contributed by atoms with Crippen LogP contribution in [0, 0.1) is 0 Å². The SMILES string of the molecule is COc1ccc2cc1Oc1ccc(cc1)CC1c3cc(c(OC)cc3CC[N+]1(C)CC(=O)[O-])Oc1c(O)c(OC)cc3c1C(C2)N(C)CC3.I.I. The molecule has 3 unspecified atom stereocenters. The van der Waals surface area contributed by atoms with Gasteiger partial charge in [-0.2, -0.15) is 0 Å². The van der Waals surface area contributed by atoms with Crippen molar-refractivity contribution in [1.29, 1.82) is 0 Å². The fourth-order valence-corrected chi connectivity index (χ4v) is 7.82. The van der Waals surface area contributed by atoms with E-state index in [9.17, 15) is 15.0 Å². The van der Waals surface area contributed by atoms with Crippen molar-refractivity contribution in [2.75, 3.05) is 55.1 Å². The minimum Gasteiger partial charge on any atom is -0.544 e. The van der Waals surface area contributed by atoms with Crippen LogP contribution in [0.5, 0.6) is 46.0 Å². The van der Waals surface area contributed by atoms with Gasteiger partial charge in [0.25, 0.3) is 0 Å². The first kappa shape index (κ1) is 38.8. The Balaban J connectivity index is 0.00000252. The molecule has 8 rings (SSSR count). The summed E-state index contributed by atoms with van der Waals surface area (Å²) in [5.41, 5.74) is 5.99. The van der Waals surface area contributed by atoms with Crippen molar-refractivity contribution in [3.8, 4) is 46.0 Å². The minimum atomic E-state index is -1.10. The van der Waals surface area contributed by atoms with Crippen LogP contribution < -0.4 is 28.8 Å². The second kappa shape index (κ2) is 15.6. The lowest BCUT2D eigenvalue weighted by Crippen LogP contribution is -2.56. The molecule has 4 aliphatic rings. The molecule has 10 nitrogen and oxygen atoms in total. The van der Waals surface area contributed by atoms with Gasteiger partial charge >= 0.3 is 0 Å². The number of phenolic OH excluding ortho intramolecular Hbond substituents is 1. The summed E-state index contributed by atoms with van der Waals surface area (Å²) in [5.74, 6) is 2.28. The molecule has 0 spiro atoms. The monoisotopic (exact) mass is 922 g/mol. The Morgan fingerprint density at radius 1 is 0.863 bits per heavy atom. The zero-order valence-corrected chi connectivity index (χ0v) is 34.1. The summed E-state index contributed by atoms with van der Waals surface area (Å²) in [6.07, 6.45) is 2.57. The van der Waals surface area contributed by atoms with Gasteiger partial charge in [0, 0.05) is 36.6 Å². The van der Waals surface area contributed by atoms with Crippen LogP contribution in [0.15, 0.2) is 60.7 Å². The highest BCUT2D eigenvalue weighted by Crippen LogP contribution is 2.52. The third kappa shape index (κ3) is 7.42. The van der Waals surface area contributed by atoms with Gasteiger partial charge in [0.1, 0.15) is 18.3 Å². The number of halogens is 2. The lowest BCUT2D eigenvalue weighted by atomic mass is 9.86. The standard InChI is InChI=1S/C39H42N2O8.2HI/c1-40-14-12-26-20-35(47-5)38(44)39-37(26)29(40)16-24-8-11-31(45-3)33(18-24)48-27-9-6-23(7-10-27)17-30-28-21-34(49-39)32(46-4)19-25(28)13-15-41(30,2)22-36(42)43;;/h6-11,18-21,29-30H,12-17,22H2,1-5H3,(H-,42,43,44);2*1H. The fraction of sp³-hybridized carbons (Fsp3) is 0.359. The Hall–Kier alpha value is -3.47. The van der Waals surface area contributed by atoms with E-state index in [4.69, 9.17) is 23.7 Å². The maximum atomic E-state index is 12.1. The summed E-state index contributed by atoms with van der Waals surface area (Å²) in [5, 5.41) is 23.8. The van der Waals surface area contributed by atoms with Gasteiger partial charge in [-0.3, -0.25) is 4.90 Å². The molecule has 4 aromatic rings. The number of nitrogens with zero attached hydrogens (tertiary/aromatic N) is 2. The van der Waals surface area contributed by atoms with Crippen molar-refractivity contribution in [3.63, 3.8) is 0 Å². The largest absolute Gasteiger partial charge is 0.544 e. The van der Waals surface area contributed by atoms with Gasteiger partial charge in [0.2, 0.25) is 5.75 Å². The number of carboxylic acid groups (broad SMARTS) is 1. The third-order valence-corrected chi connectivity index (χ3v) is 10.5. The van der Waals surface area contributed by atoms with Crippen LogP contribution in [-0.2, 0) is 30.5 Å². The zero-order valence-electron chi connectivity index (χ0n) is 29.4. The van der Waals surface area contributed by atoms with E-state index < -0.39 is 5.97 Å². The zero-order chi connectivity index (χ0) is 34.4. The summed E-state index contributed by atoms with van der Waals surface area (Å²) in [6.45, 7) is 1.28. The number of phenols is 1. The van der Waals surface area contributed by atoms with Gasteiger partial charge in [-0.25, -0.2) is 0 Å². The minimum absolute atomic E-state index is 0. The van der Waals surface area contributed by atoms with Crippen LogP contribution in [-0.4, -0.2) is 75.5 Å². The highest BCUT2D eigenvalue weighted by molar-refractivity contribution is 14.0. The lowest BCUT2D eigenvalue weighted by molar-refractivity contribution is -0.936. The Morgan fingerprint density at radius 3 is 2.22 bits per heavy atom. The van der Waals surface area contributed by atoms with Crippen molar-refractivity contribution in [3.05, 3.63) is 94.0 Å². The second-order valence-electron chi connectivity index (χ2n) is 13.5. The van der Waals surface area contributed by atoms with Crippen LogP contribution in [0.25, 0.3) is 0 Å². The van der Waals surface area contributed by atoms with E-state index in [0.717, 1.165) is 46.3 Å². The fourth-order valence-electron chi connectivity index (χ4n) is 7.82. The molecule has 4 heterocycles. The number of aliphatic carboxylic acids is 1. The summed E-state index contributed by atoms with van der Waals surface area (Å²) in [6, 6.07) is 19.3. The highest BCUT2D eigenvalue weighted by atomic mass is 127. The predicted molar refractivity (Wildman–Crippen MR) is 212 cm³/mol. The molecular weight excluding hydrogens is 878 g/mol. The maximum Gasteiger partial charge on any atom is 0.201 e. The van der Waals surface area contributed by atoms with E-state index in [2.05, 4.69) is 11.9 Å². The molecule has 0 amide bonds. The van der Waals surface area contributed by atoms with Gasteiger partial charge in [-0.15, -0.1) is 48.0 Å². The Bertz CT molecular complexity index is 1920. The van der Waals surface area contributed by atoms with Crippen molar-refractivity contribution in [2.24, 2.45) is 0 Å². The van der Waals surface area contributed by atoms with E-state index >= 15 is 0 Å². The number of ether oxygens (including phenoxy) is 5. The summed E-state index contributed by atoms with van der Waals surface area (Å²) in [7, 11) is 8.81. The lowest BCUT2D eigenvalue weighted by Gasteiger charge is -2.46. The number of aromatic hydroxyl groups is 1. The number of quaternary nitrogens is 1. The first-order valence-corrected chi connectivity index (χ1v) is 16.6. The first-order chi connectivity index (χ1) is 23.6. The Labute approximate surface area is 332 Å². The van der Waals surface area contributed by atoms with E-state index in [0.29, 0.717) is 66.1 Å². The topological polar surface area (TPSA) is 110 Å². The quantitative estimate of drug-likeness (QED) is 0.181. The van der Waals surface area contributed by atoms with Crippen molar-refractivity contribution in [1.82, 2.24) is 4.90 Å². The molecule has 1 N–H and O–H groups in total. The molecule has 0 aliphatic carbocycles. The first-order valence-electron chi connectivity index (χ1n) is 16.6. The molecule has 51 heavy (non-hydrogen) atoms. The number of hydrogen-bond donors (Lipinski definition) is 1. The molecule has 3 atom stereocenters. The molecule has 6 bridgehead atoms. The summed E-state index contributed by atoms with van der Waals surface area (Å²) in [4.78, 5) is 14.4. The molecule has 12 heteroatoms. The van der Waals surface area contributed by atoms with Crippen molar-refractivity contribution < 1.29 is 43.2 Å². The van der Waals surface area contributed by atoms with Gasteiger partial charge in [-0.1, -0.05) is 18.2 Å². The molecule has 4 aliphatic heterocycles. The number of hydrogen-bond acceptors (Lipinski definition) is 9. The van der Waals surface area contributed by atoms with Gasteiger partial charge in [0.15, 0.2) is 34.5 Å². The van der Waals surface area contributed by atoms with Crippen molar-refractivity contribution in [2.45, 2.75) is 37.8 Å². The summed E-state index contributed by atoms with van der Waals surface area (Å²) < 4.78 is 30.7. The Morgan fingerprint density at radius 2 is 1.53 bits per heavy atom. The van der Waals surface area contributed by atoms with E-state index in [1.807, 2.05) is 67.7 Å². The van der Waals surface area contributed by atoms with E-state index in [1.165, 1.54) is 7.11 Å². The molecule has 272 valence electrons. The number of benzene rings is 4. The highest BCUT2D eigenvalue weighted by Gasteiger charge is 2.41. The van der Waals surface area contributed by atoms with Crippen molar-refractivity contribution >= 4 is 53.9 Å². The normalized spacial score (nSPS) is 20.5. The van der Waals surface area contributed by atoms with Gasteiger partial charge in [-0.05, 0) is 84.6 Å². The van der Waals surface area contributed by atoms with E-state index in [-0.39, 0.29) is 76.8 Å². The third-order valence-electron chi connectivity index (χ3n) is 10.5.